The van der Waals surface area contributed by atoms with Gasteiger partial charge in [0.15, 0.2) is 0 Å². The van der Waals surface area contributed by atoms with E-state index in [1.54, 1.807) is 18.2 Å². The Kier molecular flexibility index (Phi) is 5.48. The van der Waals surface area contributed by atoms with Crippen LogP contribution in [0, 0.1) is 10.1 Å². The number of likely N-dealkylation sites (N-methyl/N-ethyl adjacent to an activating group) is 1. The van der Waals surface area contributed by atoms with Gasteiger partial charge in [0.05, 0.1) is 11.3 Å². The Labute approximate surface area is 152 Å². The molecule has 7 nitrogen and oxygen atoms in total. The van der Waals surface area contributed by atoms with E-state index < -0.39 is 4.92 Å². The van der Waals surface area contributed by atoms with Gasteiger partial charge in [0, 0.05) is 49.2 Å². The molecular formula is C19H22N4O3. The van der Waals surface area contributed by atoms with Crippen LogP contribution in [0.5, 0.6) is 0 Å². The topological polar surface area (TPSA) is 78.7 Å². The molecule has 136 valence electrons. The van der Waals surface area contributed by atoms with E-state index in [4.69, 9.17) is 0 Å². The minimum Gasteiger partial charge on any atom is -0.369 e. The molecule has 7 heteroatoms. The minimum atomic E-state index is -0.465. The summed E-state index contributed by atoms with van der Waals surface area (Å²) in [5.41, 5.74) is 2.19. The number of nitrogens with one attached hydrogen (secondary N) is 1. The molecule has 1 saturated heterocycles. The summed E-state index contributed by atoms with van der Waals surface area (Å²) >= 11 is 0. The fraction of sp³-hybridized carbons (Fsp3) is 0.316. The van der Waals surface area contributed by atoms with Crippen LogP contribution in [0.4, 0.5) is 17.1 Å². The normalized spacial score (nSPS) is 14.9. The molecule has 2 aromatic rings. The maximum atomic E-state index is 12.2. The van der Waals surface area contributed by atoms with Crippen molar-refractivity contribution in [1.29, 1.82) is 0 Å². The number of nitro benzene ring substituents is 1. The average molecular weight is 354 g/mol. The lowest BCUT2D eigenvalue weighted by atomic mass is 10.1. The third-order valence-corrected chi connectivity index (χ3v) is 4.56. The fourth-order valence-corrected chi connectivity index (χ4v) is 3.04. The van der Waals surface area contributed by atoms with Crippen molar-refractivity contribution in [2.24, 2.45) is 0 Å². The quantitative estimate of drug-likeness (QED) is 0.659. The molecule has 0 aromatic heterocycles. The zero-order valence-corrected chi connectivity index (χ0v) is 14.7. The summed E-state index contributed by atoms with van der Waals surface area (Å²) in [5, 5.41) is 13.8. The summed E-state index contributed by atoms with van der Waals surface area (Å²) in [6, 6.07) is 14.0. The summed E-state index contributed by atoms with van der Waals surface area (Å²) in [6.45, 7) is 4.04. The number of hydrogen-bond donors (Lipinski definition) is 1. The number of carbonyl (C=O) groups excluding carboxylic acids is 1. The van der Waals surface area contributed by atoms with Crippen molar-refractivity contribution in [2.75, 3.05) is 43.4 Å². The van der Waals surface area contributed by atoms with Gasteiger partial charge in [0.1, 0.15) is 0 Å². The Bertz CT molecular complexity index is 784. The molecular weight excluding hydrogens is 332 g/mol. The zero-order valence-electron chi connectivity index (χ0n) is 14.7. The van der Waals surface area contributed by atoms with Crippen LogP contribution in [0.25, 0.3) is 0 Å². The lowest BCUT2D eigenvalue weighted by Gasteiger charge is -2.34. The Morgan fingerprint density at radius 3 is 2.38 bits per heavy atom. The van der Waals surface area contributed by atoms with Crippen molar-refractivity contribution in [3.05, 3.63) is 64.2 Å². The van der Waals surface area contributed by atoms with Gasteiger partial charge in [-0.05, 0) is 31.3 Å². The van der Waals surface area contributed by atoms with Crippen LogP contribution in [-0.4, -0.2) is 49.0 Å². The molecule has 1 aliphatic heterocycles. The number of piperazine rings is 1. The van der Waals surface area contributed by atoms with Crippen molar-refractivity contribution in [1.82, 2.24) is 4.90 Å². The zero-order chi connectivity index (χ0) is 18.5. The molecule has 0 unspecified atom stereocenters. The molecule has 0 spiro atoms. The van der Waals surface area contributed by atoms with Gasteiger partial charge in [0.2, 0.25) is 5.91 Å². The van der Waals surface area contributed by atoms with Crippen molar-refractivity contribution < 1.29 is 9.72 Å². The first-order valence-corrected chi connectivity index (χ1v) is 8.58. The molecule has 0 radical (unpaired) electrons. The Morgan fingerprint density at radius 2 is 1.73 bits per heavy atom. The van der Waals surface area contributed by atoms with Gasteiger partial charge in [-0.3, -0.25) is 14.9 Å². The van der Waals surface area contributed by atoms with Crippen LogP contribution in [-0.2, 0) is 11.2 Å². The van der Waals surface area contributed by atoms with Gasteiger partial charge >= 0.3 is 0 Å². The maximum Gasteiger partial charge on any atom is 0.273 e. The van der Waals surface area contributed by atoms with Crippen molar-refractivity contribution in [3.8, 4) is 0 Å². The number of nitro groups is 1. The van der Waals surface area contributed by atoms with Crippen LogP contribution in [0.3, 0.4) is 0 Å². The van der Waals surface area contributed by atoms with E-state index in [1.807, 2.05) is 24.3 Å². The third kappa shape index (κ3) is 4.37. The standard InChI is InChI=1S/C19H22N4O3/c1-21-10-12-22(13-11-21)17-8-6-16(7-9-17)20-19(24)14-15-4-2-3-5-18(15)23(25)26/h2-9H,10-14H2,1H3,(H,20,24). The highest BCUT2D eigenvalue weighted by Gasteiger charge is 2.16. The molecule has 1 aliphatic rings. The lowest BCUT2D eigenvalue weighted by molar-refractivity contribution is -0.385. The molecule has 26 heavy (non-hydrogen) atoms. The first-order valence-electron chi connectivity index (χ1n) is 8.58. The monoisotopic (exact) mass is 354 g/mol. The first-order chi connectivity index (χ1) is 12.5. The van der Waals surface area contributed by atoms with E-state index in [0.717, 1.165) is 31.9 Å². The summed E-state index contributed by atoms with van der Waals surface area (Å²) in [6.07, 6.45) is -0.0304. The molecule has 2 aromatic carbocycles. The van der Waals surface area contributed by atoms with Gasteiger partial charge in [0.25, 0.3) is 5.69 Å². The van der Waals surface area contributed by atoms with E-state index in [0.29, 0.717) is 11.3 Å². The fourth-order valence-electron chi connectivity index (χ4n) is 3.04. The van der Waals surface area contributed by atoms with Crippen LogP contribution in [0.2, 0.25) is 0 Å². The second-order valence-corrected chi connectivity index (χ2v) is 6.45. The SMILES string of the molecule is CN1CCN(c2ccc(NC(=O)Cc3ccccc3[N+](=O)[O-])cc2)CC1. The van der Waals surface area contributed by atoms with Gasteiger partial charge in [-0.25, -0.2) is 0 Å². The number of hydrogen-bond acceptors (Lipinski definition) is 5. The van der Waals surface area contributed by atoms with Crippen LogP contribution in [0.1, 0.15) is 5.56 Å². The second-order valence-electron chi connectivity index (χ2n) is 6.45. The molecule has 0 aliphatic carbocycles. The average Bonchev–Trinajstić information content (AvgIpc) is 2.63. The summed E-state index contributed by atoms with van der Waals surface area (Å²) < 4.78 is 0. The highest BCUT2D eigenvalue weighted by atomic mass is 16.6. The highest BCUT2D eigenvalue weighted by molar-refractivity contribution is 5.93. The molecule has 1 fully saturated rings. The van der Waals surface area contributed by atoms with E-state index in [9.17, 15) is 14.9 Å². The number of para-hydroxylation sites is 1. The summed E-state index contributed by atoms with van der Waals surface area (Å²) in [7, 11) is 2.12. The molecule has 0 atom stereocenters. The molecule has 3 rings (SSSR count). The summed E-state index contributed by atoms with van der Waals surface area (Å²) in [4.78, 5) is 27.4. The summed E-state index contributed by atoms with van der Waals surface area (Å²) in [5.74, 6) is -0.272. The predicted molar refractivity (Wildman–Crippen MR) is 102 cm³/mol. The molecule has 0 bridgehead atoms. The second kappa shape index (κ2) is 7.97. The van der Waals surface area contributed by atoms with Gasteiger partial charge < -0.3 is 15.1 Å². The van der Waals surface area contributed by atoms with E-state index >= 15 is 0 Å². The van der Waals surface area contributed by atoms with Gasteiger partial charge in [-0.15, -0.1) is 0 Å². The van der Waals surface area contributed by atoms with Gasteiger partial charge in [-0.1, -0.05) is 18.2 Å². The van der Waals surface area contributed by atoms with Gasteiger partial charge in [-0.2, -0.15) is 0 Å². The molecule has 0 saturated carbocycles. The smallest absolute Gasteiger partial charge is 0.273 e. The van der Waals surface area contributed by atoms with Crippen molar-refractivity contribution in [3.63, 3.8) is 0 Å². The third-order valence-electron chi connectivity index (χ3n) is 4.56. The number of carbonyl (C=O) groups is 1. The number of anilines is 2. The number of nitrogens with zero attached hydrogens (tertiary/aromatic N) is 3. The van der Waals surface area contributed by atoms with E-state index in [-0.39, 0.29) is 18.0 Å². The van der Waals surface area contributed by atoms with Crippen molar-refractivity contribution in [2.45, 2.75) is 6.42 Å². The Hall–Kier alpha value is -2.93. The van der Waals surface area contributed by atoms with E-state index in [2.05, 4.69) is 22.2 Å². The Balaban J connectivity index is 1.61. The largest absolute Gasteiger partial charge is 0.369 e. The number of amides is 1. The molecule has 1 amide bonds. The predicted octanol–water partition coefficient (Wildman–Crippen LogP) is 2.53. The van der Waals surface area contributed by atoms with E-state index in [1.165, 1.54) is 6.07 Å². The van der Waals surface area contributed by atoms with Crippen LogP contribution < -0.4 is 10.2 Å². The number of rotatable bonds is 5. The molecule has 1 heterocycles. The number of benzene rings is 2. The van der Waals surface area contributed by atoms with Crippen molar-refractivity contribution >= 4 is 23.0 Å². The lowest BCUT2D eigenvalue weighted by Crippen LogP contribution is -2.44. The van der Waals surface area contributed by atoms with Crippen LogP contribution in [0.15, 0.2) is 48.5 Å². The highest BCUT2D eigenvalue weighted by Crippen LogP contribution is 2.21. The Morgan fingerprint density at radius 1 is 1.08 bits per heavy atom. The molecule has 1 N–H and O–H groups in total. The minimum absolute atomic E-state index is 0.0304. The first kappa shape index (κ1) is 17.9. The van der Waals surface area contributed by atoms with Crippen LogP contribution >= 0.6 is 0 Å². The maximum absolute atomic E-state index is 12.2.